The minimum Gasteiger partial charge on any atom is -0.381 e. The molecule has 0 aromatic carbocycles. The molecule has 2 heterocycles. The SMILES string of the molecule is CCNCC1(Cc2c(Cl)c(CC)nn2CC)CCOCC1. The Hall–Kier alpha value is -0.580. The van der Waals surface area contributed by atoms with E-state index in [1.807, 2.05) is 0 Å². The minimum absolute atomic E-state index is 0.246. The van der Waals surface area contributed by atoms with Gasteiger partial charge in [0.05, 0.1) is 16.4 Å². The highest BCUT2D eigenvalue weighted by Gasteiger charge is 2.34. The number of halogens is 1. The van der Waals surface area contributed by atoms with Crippen molar-refractivity contribution in [3.63, 3.8) is 0 Å². The number of hydrogen-bond acceptors (Lipinski definition) is 3. The first-order chi connectivity index (χ1) is 10.2. The van der Waals surface area contributed by atoms with Crippen LogP contribution < -0.4 is 5.32 Å². The maximum atomic E-state index is 6.59. The standard InChI is InChI=1S/C16H28ClN3O/c1-4-13-15(17)14(20(6-3)19-13)11-16(12-18-5-2)7-9-21-10-8-16/h18H,4-12H2,1-3H3. The molecule has 1 aromatic rings. The van der Waals surface area contributed by atoms with Gasteiger partial charge >= 0.3 is 0 Å². The van der Waals surface area contributed by atoms with Crippen LogP contribution in [-0.2, 0) is 24.1 Å². The summed E-state index contributed by atoms with van der Waals surface area (Å²) >= 11 is 6.59. The van der Waals surface area contributed by atoms with E-state index in [1.165, 1.54) is 5.69 Å². The number of nitrogens with zero attached hydrogens (tertiary/aromatic N) is 2. The van der Waals surface area contributed by atoms with Crippen LogP contribution in [0.1, 0.15) is 45.0 Å². The Morgan fingerprint density at radius 2 is 2.00 bits per heavy atom. The summed E-state index contributed by atoms with van der Waals surface area (Å²) in [6.07, 6.45) is 4.06. The van der Waals surface area contributed by atoms with Gasteiger partial charge in [-0.3, -0.25) is 4.68 Å². The Labute approximate surface area is 133 Å². The molecule has 0 bridgehead atoms. The summed E-state index contributed by atoms with van der Waals surface area (Å²) in [4.78, 5) is 0. The molecule has 1 fully saturated rings. The molecule has 0 atom stereocenters. The predicted octanol–water partition coefficient (Wildman–Crippen LogP) is 3.07. The first-order valence-corrected chi connectivity index (χ1v) is 8.56. The quantitative estimate of drug-likeness (QED) is 0.841. The molecule has 0 amide bonds. The Morgan fingerprint density at radius 1 is 1.29 bits per heavy atom. The second-order valence-corrected chi connectivity index (χ2v) is 6.32. The molecule has 0 radical (unpaired) electrons. The smallest absolute Gasteiger partial charge is 0.0850 e. The normalized spacial score (nSPS) is 18.1. The number of hydrogen-bond donors (Lipinski definition) is 1. The van der Waals surface area contributed by atoms with Crippen molar-refractivity contribution in [1.29, 1.82) is 0 Å². The number of ether oxygens (including phenoxy) is 1. The zero-order valence-electron chi connectivity index (χ0n) is 13.5. The number of aromatic nitrogens is 2. The Balaban J connectivity index is 2.25. The van der Waals surface area contributed by atoms with E-state index in [1.54, 1.807) is 0 Å². The van der Waals surface area contributed by atoms with Gasteiger partial charge < -0.3 is 10.1 Å². The van der Waals surface area contributed by atoms with Gasteiger partial charge in [-0.05, 0) is 44.6 Å². The van der Waals surface area contributed by atoms with Crippen molar-refractivity contribution >= 4 is 11.6 Å². The van der Waals surface area contributed by atoms with E-state index in [0.29, 0.717) is 0 Å². The molecule has 0 unspecified atom stereocenters. The topological polar surface area (TPSA) is 39.1 Å². The van der Waals surface area contributed by atoms with E-state index in [-0.39, 0.29) is 5.41 Å². The largest absolute Gasteiger partial charge is 0.381 e. The van der Waals surface area contributed by atoms with Crippen LogP contribution in [0.25, 0.3) is 0 Å². The van der Waals surface area contributed by atoms with E-state index in [9.17, 15) is 0 Å². The molecule has 5 heteroatoms. The van der Waals surface area contributed by atoms with E-state index in [0.717, 1.165) is 69.2 Å². The summed E-state index contributed by atoms with van der Waals surface area (Å²) in [7, 11) is 0. The zero-order chi connectivity index (χ0) is 15.3. The molecule has 1 aliphatic rings. The molecule has 1 saturated heterocycles. The van der Waals surface area contributed by atoms with Crippen molar-refractivity contribution in [2.75, 3.05) is 26.3 Å². The fourth-order valence-electron chi connectivity index (χ4n) is 3.15. The summed E-state index contributed by atoms with van der Waals surface area (Å²) in [6, 6.07) is 0. The van der Waals surface area contributed by atoms with Gasteiger partial charge in [0.2, 0.25) is 0 Å². The van der Waals surface area contributed by atoms with Crippen LogP contribution in [0.5, 0.6) is 0 Å². The van der Waals surface area contributed by atoms with Crippen LogP contribution in [0.15, 0.2) is 0 Å². The van der Waals surface area contributed by atoms with Crippen molar-refractivity contribution in [3.8, 4) is 0 Å². The summed E-state index contributed by atoms with van der Waals surface area (Å²) in [6.45, 7) is 11.0. The van der Waals surface area contributed by atoms with Crippen molar-refractivity contribution < 1.29 is 4.74 Å². The summed E-state index contributed by atoms with van der Waals surface area (Å²) in [5.74, 6) is 0. The van der Waals surface area contributed by atoms with Crippen LogP contribution >= 0.6 is 11.6 Å². The van der Waals surface area contributed by atoms with Crippen molar-refractivity contribution in [1.82, 2.24) is 15.1 Å². The predicted molar refractivity (Wildman–Crippen MR) is 87.0 cm³/mol. The van der Waals surface area contributed by atoms with E-state index < -0.39 is 0 Å². The van der Waals surface area contributed by atoms with Crippen molar-refractivity contribution in [2.24, 2.45) is 5.41 Å². The summed E-state index contributed by atoms with van der Waals surface area (Å²) in [5.41, 5.74) is 2.48. The first kappa shape index (κ1) is 16.8. The Morgan fingerprint density at radius 3 is 2.57 bits per heavy atom. The van der Waals surface area contributed by atoms with Gasteiger partial charge in [0.1, 0.15) is 0 Å². The third-order valence-corrected chi connectivity index (χ3v) is 4.98. The van der Waals surface area contributed by atoms with Crippen LogP contribution in [0, 0.1) is 5.41 Å². The van der Waals surface area contributed by atoms with Gasteiger partial charge in [-0.15, -0.1) is 0 Å². The third kappa shape index (κ3) is 3.79. The fourth-order valence-corrected chi connectivity index (χ4v) is 3.49. The lowest BCUT2D eigenvalue weighted by Crippen LogP contribution is -2.41. The molecule has 0 spiro atoms. The lowest BCUT2D eigenvalue weighted by Gasteiger charge is -2.37. The van der Waals surface area contributed by atoms with Gasteiger partial charge in [0.25, 0.3) is 0 Å². The molecule has 4 nitrogen and oxygen atoms in total. The number of aryl methyl sites for hydroxylation is 2. The average Bonchev–Trinajstić information content (AvgIpc) is 2.82. The lowest BCUT2D eigenvalue weighted by molar-refractivity contribution is 0.0142. The van der Waals surface area contributed by atoms with Crippen LogP contribution in [0.3, 0.4) is 0 Å². The Bertz CT molecular complexity index is 453. The molecule has 2 rings (SSSR count). The van der Waals surface area contributed by atoms with Crippen molar-refractivity contribution in [3.05, 3.63) is 16.4 Å². The van der Waals surface area contributed by atoms with Crippen LogP contribution in [-0.4, -0.2) is 36.1 Å². The molecule has 21 heavy (non-hydrogen) atoms. The monoisotopic (exact) mass is 313 g/mol. The van der Waals surface area contributed by atoms with E-state index >= 15 is 0 Å². The van der Waals surface area contributed by atoms with E-state index in [4.69, 9.17) is 16.3 Å². The molecule has 0 saturated carbocycles. The number of rotatable bonds is 7. The number of nitrogens with one attached hydrogen (secondary N) is 1. The first-order valence-electron chi connectivity index (χ1n) is 8.18. The lowest BCUT2D eigenvalue weighted by atomic mass is 9.76. The Kier molecular flexibility index (Phi) is 6.08. The molecule has 120 valence electrons. The maximum Gasteiger partial charge on any atom is 0.0850 e. The van der Waals surface area contributed by atoms with Gasteiger partial charge in [-0.25, -0.2) is 0 Å². The second-order valence-electron chi connectivity index (χ2n) is 5.95. The minimum atomic E-state index is 0.246. The highest BCUT2D eigenvalue weighted by Crippen LogP contribution is 2.36. The zero-order valence-corrected chi connectivity index (χ0v) is 14.3. The summed E-state index contributed by atoms with van der Waals surface area (Å²) < 4.78 is 7.66. The highest BCUT2D eigenvalue weighted by molar-refractivity contribution is 6.31. The van der Waals surface area contributed by atoms with Gasteiger partial charge in [0, 0.05) is 26.3 Å². The van der Waals surface area contributed by atoms with Crippen molar-refractivity contribution in [2.45, 2.75) is 53.0 Å². The average molecular weight is 314 g/mol. The fraction of sp³-hybridized carbons (Fsp3) is 0.812. The molecule has 0 aliphatic carbocycles. The second kappa shape index (κ2) is 7.61. The molecule has 1 aliphatic heterocycles. The molecule has 1 N–H and O–H groups in total. The van der Waals surface area contributed by atoms with Crippen LogP contribution in [0.2, 0.25) is 5.02 Å². The third-order valence-electron chi connectivity index (χ3n) is 4.54. The molecular weight excluding hydrogens is 286 g/mol. The molecular formula is C16H28ClN3O. The van der Waals surface area contributed by atoms with Gasteiger partial charge in [0.15, 0.2) is 0 Å². The summed E-state index contributed by atoms with van der Waals surface area (Å²) in [5, 5.41) is 9.06. The highest BCUT2D eigenvalue weighted by atomic mass is 35.5. The van der Waals surface area contributed by atoms with Gasteiger partial charge in [-0.1, -0.05) is 25.4 Å². The molecule has 1 aromatic heterocycles. The van der Waals surface area contributed by atoms with Gasteiger partial charge in [-0.2, -0.15) is 5.10 Å². The van der Waals surface area contributed by atoms with Crippen LogP contribution in [0.4, 0.5) is 0 Å². The van der Waals surface area contributed by atoms with E-state index in [2.05, 4.69) is 35.9 Å². The maximum absolute atomic E-state index is 6.59.